The highest BCUT2D eigenvalue weighted by Crippen LogP contribution is 2.50. The molecule has 0 aliphatic carbocycles. The van der Waals surface area contributed by atoms with E-state index in [-0.39, 0.29) is 0 Å². The van der Waals surface area contributed by atoms with Crippen molar-refractivity contribution in [3.05, 3.63) is 103 Å². The third-order valence-corrected chi connectivity index (χ3v) is 7.96. The number of rotatable bonds is 1. The van der Waals surface area contributed by atoms with Crippen LogP contribution in [-0.4, -0.2) is 4.57 Å². The molecule has 2 nitrogen and oxygen atoms in total. The van der Waals surface area contributed by atoms with E-state index in [0.29, 0.717) is 0 Å². The van der Waals surface area contributed by atoms with Gasteiger partial charge in [-0.05, 0) is 30.3 Å². The van der Waals surface area contributed by atoms with E-state index < -0.39 is 0 Å². The van der Waals surface area contributed by atoms with E-state index in [9.17, 15) is 0 Å². The lowest BCUT2D eigenvalue weighted by Gasteiger charge is -2.08. The Morgan fingerprint density at radius 1 is 0.576 bits per heavy atom. The van der Waals surface area contributed by atoms with Gasteiger partial charge in [0.05, 0.1) is 11.0 Å². The molecule has 33 heavy (non-hydrogen) atoms. The summed E-state index contributed by atoms with van der Waals surface area (Å²) < 4.78 is 11.6. The van der Waals surface area contributed by atoms with Crippen molar-refractivity contribution in [2.24, 2.45) is 0 Å². The Labute approximate surface area is 192 Å². The van der Waals surface area contributed by atoms with Crippen LogP contribution in [0.1, 0.15) is 0 Å². The fourth-order valence-corrected chi connectivity index (χ4v) is 6.73. The second-order valence-electron chi connectivity index (χ2n) is 8.52. The van der Waals surface area contributed by atoms with Gasteiger partial charge in [0.15, 0.2) is 5.58 Å². The summed E-state index contributed by atoms with van der Waals surface area (Å²) in [5.41, 5.74) is 5.38. The van der Waals surface area contributed by atoms with E-state index in [2.05, 4.69) is 108 Å². The maximum atomic E-state index is 6.65. The number of benzene rings is 5. The van der Waals surface area contributed by atoms with Gasteiger partial charge in [0.2, 0.25) is 0 Å². The predicted octanol–water partition coefficient (Wildman–Crippen LogP) is 9.05. The molecule has 3 aromatic heterocycles. The quantitative estimate of drug-likeness (QED) is 0.249. The van der Waals surface area contributed by atoms with Gasteiger partial charge >= 0.3 is 0 Å². The molecule has 8 aromatic rings. The summed E-state index contributed by atoms with van der Waals surface area (Å²) in [6.07, 6.45) is 0. The summed E-state index contributed by atoms with van der Waals surface area (Å²) in [6.45, 7) is 0. The standard InChI is InChI=1S/C30H17NOS/c1-2-10-18(11-3-1)31-22-15-7-4-12-19(22)25-26-21-14-6-9-17-24(21)33-30(26)27-20-13-5-8-16-23(20)32-29(27)28(25)31/h1-17H. The van der Waals surface area contributed by atoms with E-state index in [4.69, 9.17) is 4.42 Å². The minimum Gasteiger partial charge on any atom is -0.454 e. The SMILES string of the molecule is c1ccc(-n2c3ccccc3c3c4c5ccccc5sc4c4c5ccccc5oc4c32)cc1. The van der Waals surface area contributed by atoms with Crippen molar-refractivity contribution in [2.75, 3.05) is 0 Å². The fraction of sp³-hybridized carbons (Fsp3) is 0. The molecule has 154 valence electrons. The predicted molar refractivity (Wildman–Crippen MR) is 141 cm³/mol. The summed E-state index contributed by atoms with van der Waals surface area (Å²) in [5.74, 6) is 0. The summed E-state index contributed by atoms with van der Waals surface area (Å²) in [6, 6.07) is 36.6. The van der Waals surface area contributed by atoms with Crippen LogP contribution in [0.4, 0.5) is 0 Å². The van der Waals surface area contributed by atoms with Crippen LogP contribution < -0.4 is 0 Å². The zero-order valence-electron chi connectivity index (χ0n) is 17.6. The topological polar surface area (TPSA) is 18.1 Å². The molecule has 0 aliphatic heterocycles. The molecule has 0 amide bonds. The Morgan fingerprint density at radius 2 is 1.27 bits per heavy atom. The van der Waals surface area contributed by atoms with E-state index >= 15 is 0 Å². The highest BCUT2D eigenvalue weighted by atomic mass is 32.1. The molecule has 0 atom stereocenters. The molecule has 5 aromatic carbocycles. The van der Waals surface area contributed by atoms with Crippen LogP contribution in [-0.2, 0) is 0 Å². The summed E-state index contributed by atoms with van der Waals surface area (Å²) >= 11 is 1.87. The van der Waals surface area contributed by atoms with Crippen LogP contribution in [0.15, 0.2) is 108 Å². The largest absolute Gasteiger partial charge is 0.454 e. The van der Waals surface area contributed by atoms with Crippen molar-refractivity contribution in [3.63, 3.8) is 0 Å². The zero-order valence-corrected chi connectivity index (χ0v) is 18.4. The fourth-order valence-electron chi connectivity index (χ4n) is 5.46. The van der Waals surface area contributed by atoms with Crippen LogP contribution in [0.5, 0.6) is 0 Å². The number of fused-ring (bicyclic) bond motifs is 12. The van der Waals surface area contributed by atoms with Gasteiger partial charge in [-0.2, -0.15) is 0 Å². The first-order valence-electron chi connectivity index (χ1n) is 11.1. The van der Waals surface area contributed by atoms with Gasteiger partial charge in [-0.15, -0.1) is 11.3 Å². The summed E-state index contributed by atoms with van der Waals surface area (Å²) in [7, 11) is 0. The Kier molecular flexibility index (Phi) is 3.31. The second-order valence-corrected chi connectivity index (χ2v) is 9.57. The zero-order chi connectivity index (χ0) is 21.5. The second kappa shape index (κ2) is 6.25. The van der Waals surface area contributed by atoms with Crippen molar-refractivity contribution >= 4 is 75.3 Å². The average Bonchev–Trinajstić information content (AvgIpc) is 3.54. The van der Waals surface area contributed by atoms with Crippen molar-refractivity contribution in [3.8, 4) is 5.69 Å². The molecule has 0 unspecified atom stereocenters. The Balaban J connectivity index is 1.80. The third-order valence-electron chi connectivity index (χ3n) is 6.77. The van der Waals surface area contributed by atoms with E-state index in [1.165, 1.54) is 47.2 Å². The highest BCUT2D eigenvalue weighted by molar-refractivity contribution is 7.27. The van der Waals surface area contributed by atoms with Gasteiger partial charge in [0.1, 0.15) is 5.58 Å². The van der Waals surface area contributed by atoms with Gasteiger partial charge < -0.3 is 8.98 Å². The van der Waals surface area contributed by atoms with Crippen LogP contribution in [0.2, 0.25) is 0 Å². The minimum atomic E-state index is 0.934. The number of para-hydroxylation sites is 3. The lowest BCUT2D eigenvalue weighted by molar-refractivity contribution is 0.671. The molecule has 0 aliphatic rings. The number of aromatic nitrogens is 1. The number of furan rings is 1. The van der Waals surface area contributed by atoms with E-state index in [0.717, 1.165) is 22.4 Å². The number of nitrogens with zero attached hydrogens (tertiary/aromatic N) is 1. The monoisotopic (exact) mass is 439 g/mol. The molecule has 0 bridgehead atoms. The Morgan fingerprint density at radius 3 is 2.15 bits per heavy atom. The molecule has 0 saturated carbocycles. The molecule has 0 spiro atoms. The lowest BCUT2D eigenvalue weighted by Crippen LogP contribution is -1.93. The number of hydrogen-bond acceptors (Lipinski definition) is 2. The average molecular weight is 440 g/mol. The first-order chi connectivity index (χ1) is 16.4. The molecule has 3 heteroatoms. The van der Waals surface area contributed by atoms with Gasteiger partial charge in [-0.3, -0.25) is 0 Å². The molecule has 0 fully saturated rings. The number of thiophene rings is 1. The Bertz CT molecular complexity index is 2020. The van der Waals surface area contributed by atoms with E-state index in [1.807, 2.05) is 11.3 Å². The van der Waals surface area contributed by atoms with E-state index in [1.54, 1.807) is 0 Å². The highest BCUT2D eigenvalue weighted by Gasteiger charge is 2.24. The molecule has 0 radical (unpaired) electrons. The third kappa shape index (κ3) is 2.17. The summed E-state index contributed by atoms with van der Waals surface area (Å²) in [4.78, 5) is 0. The van der Waals surface area contributed by atoms with Gasteiger partial charge in [0.25, 0.3) is 0 Å². The maximum Gasteiger partial charge on any atom is 0.161 e. The molecule has 3 heterocycles. The van der Waals surface area contributed by atoms with Crippen LogP contribution >= 0.6 is 11.3 Å². The van der Waals surface area contributed by atoms with Crippen LogP contribution in [0.3, 0.4) is 0 Å². The molecule has 0 N–H and O–H groups in total. The van der Waals surface area contributed by atoms with Gasteiger partial charge in [-0.25, -0.2) is 0 Å². The molecule has 8 rings (SSSR count). The lowest BCUT2D eigenvalue weighted by atomic mass is 10.0. The first kappa shape index (κ1) is 17.5. The maximum absolute atomic E-state index is 6.65. The minimum absolute atomic E-state index is 0.934. The molecular weight excluding hydrogens is 422 g/mol. The molecular formula is C30H17NOS. The number of hydrogen-bond donors (Lipinski definition) is 0. The molecule has 0 saturated heterocycles. The van der Waals surface area contributed by atoms with Crippen LogP contribution in [0, 0.1) is 0 Å². The van der Waals surface area contributed by atoms with Crippen LogP contribution in [0.25, 0.3) is 69.6 Å². The van der Waals surface area contributed by atoms with Crippen molar-refractivity contribution < 1.29 is 4.42 Å². The summed E-state index contributed by atoms with van der Waals surface area (Å²) in [5, 5.41) is 7.56. The normalized spacial score (nSPS) is 12.2. The van der Waals surface area contributed by atoms with Crippen molar-refractivity contribution in [1.82, 2.24) is 4.57 Å². The van der Waals surface area contributed by atoms with Gasteiger partial charge in [-0.1, -0.05) is 72.8 Å². The van der Waals surface area contributed by atoms with Crippen molar-refractivity contribution in [1.29, 1.82) is 0 Å². The Hall–Kier alpha value is -4.08. The smallest absolute Gasteiger partial charge is 0.161 e. The first-order valence-corrected chi connectivity index (χ1v) is 11.9. The van der Waals surface area contributed by atoms with Gasteiger partial charge in [0, 0.05) is 47.4 Å². The van der Waals surface area contributed by atoms with Crippen molar-refractivity contribution in [2.45, 2.75) is 0 Å².